The van der Waals surface area contributed by atoms with Crippen molar-refractivity contribution in [2.24, 2.45) is 0 Å². The molecule has 1 aromatic heterocycles. The minimum absolute atomic E-state index is 0.0428. The molecule has 1 fully saturated rings. The van der Waals surface area contributed by atoms with Crippen LogP contribution in [0, 0.1) is 0 Å². The van der Waals surface area contributed by atoms with Crippen LogP contribution in [-0.4, -0.2) is 39.3 Å². The Bertz CT molecular complexity index is 902. The molecule has 0 atom stereocenters. The van der Waals surface area contributed by atoms with Crippen molar-refractivity contribution >= 4 is 28.9 Å². The quantitative estimate of drug-likeness (QED) is 0.724. The maximum absolute atomic E-state index is 11.1. The molecular weight excluding hydrogens is 348 g/mol. The molecule has 2 heterocycles. The van der Waals surface area contributed by atoms with Crippen LogP contribution >= 0.6 is 11.9 Å². The number of ether oxygens (including phenoxy) is 1. The Morgan fingerprint density at radius 1 is 1.04 bits per heavy atom. The largest absolute Gasteiger partial charge is 0.488 e. The number of para-hydroxylation sites is 1. The van der Waals surface area contributed by atoms with Gasteiger partial charge in [0.25, 0.3) is 0 Å². The normalized spacial score (nSPS) is 15.3. The molecule has 4 rings (SSSR count). The molecule has 1 aliphatic rings. The SMILES string of the molecule is O=C(O)N1CCC(Oc2cccc3ccn(Sc4ccccc4)c23)CC1. The summed E-state index contributed by atoms with van der Waals surface area (Å²) in [7, 11) is 0. The van der Waals surface area contributed by atoms with E-state index in [0.29, 0.717) is 13.1 Å². The average molecular weight is 368 g/mol. The zero-order chi connectivity index (χ0) is 17.9. The summed E-state index contributed by atoms with van der Waals surface area (Å²) in [5.74, 6) is 0.852. The fraction of sp³-hybridized carbons (Fsp3) is 0.250. The third-order valence-electron chi connectivity index (χ3n) is 4.59. The molecule has 6 heteroatoms. The van der Waals surface area contributed by atoms with Gasteiger partial charge in [-0.3, -0.25) is 3.97 Å². The molecule has 134 valence electrons. The molecular formula is C20H20N2O3S. The highest BCUT2D eigenvalue weighted by atomic mass is 32.2. The first kappa shape index (κ1) is 16.8. The maximum atomic E-state index is 11.1. The number of aromatic nitrogens is 1. The molecule has 1 N–H and O–H groups in total. The van der Waals surface area contributed by atoms with Crippen LogP contribution in [0.25, 0.3) is 10.9 Å². The number of carbonyl (C=O) groups is 1. The number of carboxylic acid groups (broad SMARTS) is 1. The zero-order valence-corrected chi connectivity index (χ0v) is 15.1. The van der Waals surface area contributed by atoms with Crippen LogP contribution in [0.15, 0.2) is 65.7 Å². The Hall–Kier alpha value is -2.60. The van der Waals surface area contributed by atoms with Gasteiger partial charge in [0.15, 0.2) is 0 Å². The van der Waals surface area contributed by atoms with Crippen LogP contribution < -0.4 is 4.74 Å². The summed E-state index contributed by atoms with van der Waals surface area (Å²) in [6.45, 7) is 1.05. The van der Waals surface area contributed by atoms with E-state index < -0.39 is 6.09 Å². The summed E-state index contributed by atoms with van der Waals surface area (Å²) < 4.78 is 8.41. The number of piperidine rings is 1. The highest BCUT2D eigenvalue weighted by Gasteiger charge is 2.24. The molecule has 0 saturated carbocycles. The van der Waals surface area contributed by atoms with Crippen LogP contribution in [0.4, 0.5) is 4.79 Å². The van der Waals surface area contributed by atoms with E-state index in [-0.39, 0.29) is 6.10 Å². The summed E-state index contributed by atoms with van der Waals surface area (Å²) in [5, 5.41) is 10.2. The lowest BCUT2D eigenvalue weighted by Crippen LogP contribution is -2.41. The van der Waals surface area contributed by atoms with E-state index in [1.54, 1.807) is 11.9 Å². The van der Waals surface area contributed by atoms with Gasteiger partial charge in [0, 0.05) is 42.4 Å². The summed E-state index contributed by atoms with van der Waals surface area (Å²) in [6, 6.07) is 18.4. The van der Waals surface area contributed by atoms with Gasteiger partial charge in [-0.1, -0.05) is 30.3 Å². The monoisotopic (exact) mass is 368 g/mol. The Morgan fingerprint density at radius 3 is 2.54 bits per heavy atom. The molecule has 1 aliphatic heterocycles. The van der Waals surface area contributed by atoms with Crippen LogP contribution in [0.3, 0.4) is 0 Å². The van der Waals surface area contributed by atoms with Gasteiger partial charge < -0.3 is 14.7 Å². The first-order chi connectivity index (χ1) is 12.7. The van der Waals surface area contributed by atoms with Crippen molar-refractivity contribution in [3.63, 3.8) is 0 Å². The van der Waals surface area contributed by atoms with Crippen molar-refractivity contribution < 1.29 is 14.6 Å². The second-order valence-electron chi connectivity index (χ2n) is 6.33. The van der Waals surface area contributed by atoms with E-state index in [4.69, 9.17) is 9.84 Å². The van der Waals surface area contributed by atoms with Crippen LogP contribution in [0.1, 0.15) is 12.8 Å². The Labute approximate surface area is 156 Å². The molecule has 2 aromatic carbocycles. The predicted octanol–water partition coefficient (Wildman–Crippen LogP) is 4.72. The predicted molar refractivity (Wildman–Crippen MR) is 103 cm³/mol. The average Bonchev–Trinajstić information content (AvgIpc) is 3.07. The van der Waals surface area contributed by atoms with Gasteiger partial charge in [0.05, 0.1) is 0 Å². The molecule has 5 nitrogen and oxygen atoms in total. The molecule has 1 saturated heterocycles. The third-order valence-corrected chi connectivity index (χ3v) is 5.58. The number of hydrogen-bond acceptors (Lipinski definition) is 3. The van der Waals surface area contributed by atoms with Crippen LogP contribution in [-0.2, 0) is 0 Å². The fourth-order valence-electron chi connectivity index (χ4n) is 3.24. The number of fused-ring (bicyclic) bond motifs is 1. The number of likely N-dealkylation sites (tertiary alicyclic amines) is 1. The summed E-state index contributed by atoms with van der Waals surface area (Å²) in [4.78, 5) is 13.7. The van der Waals surface area contributed by atoms with Gasteiger partial charge in [-0.2, -0.15) is 0 Å². The molecule has 0 unspecified atom stereocenters. The van der Waals surface area contributed by atoms with Gasteiger partial charge in [-0.25, -0.2) is 4.79 Å². The molecule has 0 aliphatic carbocycles. The number of rotatable bonds is 4. The maximum Gasteiger partial charge on any atom is 0.407 e. The van der Waals surface area contributed by atoms with E-state index in [0.717, 1.165) is 34.4 Å². The molecule has 1 amide bonds. The van der Waals surface area contributed by atoms with Gasteiger partial charge in [0.1, 0.15) is 17.4 Å². The Kier molecular flexibility index (Phi) is 4.75. The van der Waals surface area contributed by atoms with E-state index in [1.165, 1.54) is 4.90 Å². The smallest absolute Gasteiger partial charge is 0.407 e. The fourth-order valence-corrected chi connectivity index (χ4v) is 4.16. The van der Waals surface area contributed by atoms with Crippen molar-refractivity contribution in [3.05, 3.63) is 60.8 Å². The van der Waals surface area contributed by atoms with Crippen molar-refractivity contribution in [2.45, 2.75) is 23.8 Å². The van der Waals surface area contributed by atoms with E-state index in [1.807, 2.05) is 30.3 Å². The van der Waals surface area contributed by atoms with Crippen molar-refractivity contribution in [3.8, 4) is 5.75 Å². The highest BCUT2D eigenvalue weighted by Crippen LogP contribution is 2.33. The third kappa shape index (κ3) is 3.51. The van der Waals surface area contributed by atoms with Crippen LogP contribution in [0.5, 0.6) is 5.75 Å². The number of hydrogen-bond donors (Lipinski definition) is 1. The molecule has 0 bridgehead atoms. The Morgan fingerprint density at radius 2 is 1.81 bits per heavy atom. The second kappa shape index (κ2) is 7.33. The van der Waals surface area contributed by atoms with Crippen molar-refractivity contribution in [2.75, 3.05) is 13.1 Å². The van der Waals surface area contributed by atoms with Crippen LogP contribution in [0.2, 0.25) is 0 Å². The van der Waals surface area contributed by atoms with Gasteiger partial charge >= 0.3 is 6.09 Å². The van der Waals surface area contributed by atoms with Gasteiger partial charge in [-0.05, 0) is 36.2 Å². The number of benzene rings is 2. The van der Waals surface area contributed by atoms with E-state index >= 15 is 0 Å². The van der Waals surface area contributed by atoms with E-state index in [2.05, 4.69) is 34.4 Å². The van der Waals surface area contributed by atoms with E-state index in [9.17, 15) is 4.79 Å². The van der Waals surface area contributed by atoms with Gasteiger partial charge in [-0.15, -0.1) is 0 Å². The topological polar surface area (TPSA) is 54.7 Å². The minimum atomic E-state index is -0.848. The van der Waals surface area contributed by atoms with Gasteiger partial charge in [0.2, 0.25) is 0 Å². The first-order valence-corrected chi connectivity index (χ1v) is 9.46. The lowest BCUT2D eigenvalue weighted by Gasteiger charge is -2.30. The molecule has 3 aromatic rings. The molecule has 0 spiro atoms. The number of nitrogens with zero attached hydrogens (tertiary/aromatic N) is 2. The molecule has 26 heavy (non-hydrogen) atoms. The lowest BCUT2D eigenvalue weighted by molar-refractivity contribution is 0.0901. The zero-order valence-electron chi connectivity index (χ0n) is 14.2. The second-order valence-corrected chi connectivity index (χ2v) is 7.37. The minimum Gasteiger partial charge on any atom is -0.488 e. The highest BCUT2D eigenvalue weighted by molar-refractivity contribution is 7.98. The first-order valence-electron chi connectivity index (χ1n) is 8.69. The number of amides is 1. The summed E-state index contributed by atoms with van der Waals surface area (Å²) in [6.07, 6.45) is 2.69. The standard InChI is InChI=1S/C20H20N2O3S/c23-20(24)21-12-10-16(11-13-21)25-18-8-4-5-15-9-14-22(19(15)18)26-17-6-2-1-3-7-17/h1-9,14,16H,10-13H2,(H,23,24). The van der Waals surface area contributed by atoms with Crippen molar-refractivity contribution in [1.82, 2.24) is 8.87 Å². The lowest BCUT2D eigenvalue weighted by atomic mass is 10.1. The Balaban J connectivity index is 1.56. The molecule has 0 radical (unpaired) electrons. The van der Waals surface area contributed by atoms with Crippen molar-refractivity contribution in [1.29, 1.82) is 0 Å². The summed E-state index contributed by atoms with van der Waals surface area (Å²) >= 11 is 1.65. The summed E-state index contributed by atoms with van der Waals surface area (Å²) in [5.41, 5.74) is 1.06.